The van der Waals surface area contributed by atoms with Crippen LogP contribution in [0.4, 0.5) is 0 Å². The van der Waals surface area contributed by atoms with Crippen molar-refractivity contribution in [3.05, 3.63) is 47.2 Å². The lowest BCUT2D eigenvalue weighted by molar-refractivity contribution is 0.821. The van der Waals surface area contributed by atoms with Crippen LogP contribution in [0.1, 0.15) is 23.6 Å². The molecule has 0 aromatic heterocycles. The van der Waals surface area contributed by atoms with Gasteiger partial charge >= 0.3 is 0 Å². The van der Waals surface area contributed by atoms with Crippen molar-refractivity contribution >= 4 is 0 Å². The smallest absolute Gasteiger partial charge is 0.0245 e. The minimum Gasteiger partial charge on any atom is -0.389 e. The Kier molecular flexibility index (Phi) is 4.00. The molecule has 78 valence electrons. The van der Waals surface area contributed by atoms with Crippen molar-refractivity contribution in [2.24, 2.45) is 0 Å². The van der Waals surface area contributed by atoms with E-state index < -0.39 is 0 Å². The zero-order valence-electron chi connectivity index (χ0n) is 9.43. The van der Waals surface area contributed by atoms with E-state index >= 15 is 0 Å². The summed E-state index contributed by atoms with van der Waals surface area (Å²) in [6, 6.07) is 6.09. The number of aryl methyl sites for hydroxylation is 1. The molecule has 1 rings (SSSR count). The van der Waals surface area contributed by atoms with E-state index in [-0.39, 0.29) is 0 Å². The van der Waals surface area contributed by atoms with E-state index in [4.69, 9.17) is 6.42 Å². The molecule has 1 heteroatoms. The average Bonchev–Trinajstić information content (AvgIpc) is 2.21. The molecule has 0 atom stereocenters. The Morgan fingerprint density at radius 2 is 2.27 bits per heavy atom. The summed E-state index contributed by atoms with van der Waals surface area (Å²) in [5.74, 6) is 2.64. The van der Waals surface area contributed by atoms with Gasteiger partial charge in [0, 0.05) is 24.2 Å². The summed E-state index contributed by atoms with van der Waals surface area (Å²) >= 11 is 0. The molecule has 15 heavy (non-hydrogen) atoms. The quantitative estimate of drug-likeness (QED) is 0.735. The predicted molar refractivity (Wildman–Crippen MR) is 65.6 cm³/mol. The molecule has 0 saturated heterocycles. The molecule has 0 radical (unpaired) electrons. The van der Waals surface area contributed by atoms with Crippen LogP contribution in [0.3, 0.4) is 0 Å². The van der Waals surface area contributed by atoms with Crippen molar-refractivity contribution in [3.63, 3.8) is 0 Å². The van der Waals surface area contributed by atoms with E-state index in [0.717, 1.165) is 24.2 Å². The fraction of sp³-hybridized carbons (Fsp3) is 0.286. The third-order valence-corrected chi connectivity index (χ3v) is 2.34. The highest BCUT2D eigenvalue weighted by Gasteiger charge is 2.00. The van der Waals surface area contributed by atoms with Crippen LogP contribution in [0.2, 0.25) is 0 Å². The van der Waals surface area contributed by atoms with Crippen molar-refractivity contribution in [2.75, 3.05) is 6.54 Å². The van der Waals surface area contributed by atoms with Gasteiger partial charge in [-0.3, -0.25) is 0 Å². The molecule has 1 aromatic carbocycles. The maximum Gasteiger partial charge on any atom is 0.0245 e. The average molecular weight is 199 g/mol. The number of terminal acetylenes is 1. The largest absolute Gasteiger partial charge is 0.389 e. The second-order valence-corrected chi connectivity index (χ2v) is 3.60. The number of hydrogen-bond donors (Lipinski definition) is 1. The number of rotatable bonds is 4. The lowest BCUT2D eigenvalue weighted by Crippen LogP contribution is -2.13. The minimum absolute atomic E-state index is 0.866. The van der Waals surface area contributed by atoms with E-state index in [0.29, 0.717) is 0 Å². The van der Waals surface area contributed by atoms with Crippen LogP contribution in [0.25, 0.3) is 0 Å². The monoisotopic (exact) mass is 199 g/mol. The third kappa shape index (κ3) is 3.18. The molecular formula is C14H17N. The Bertz CT molecular complexity index is 396. The highest BCUT2D eigenvalue weighted by atomic mass is 14.9. The van der Waals surface area contributed by atoms with Gasteiger partial charge in [0.05, 0.1) is 0 Å². The second-order valence-electron chi connectivity index (χ2n) is 3.60. The van der Waals surface area contributed by atoms with Gasteiger partial charge in [0.25, 0.3) is 0 Å². The summed E-state index contributed by atoms with van der Waals surface area (Å²) in [5.41, 5.74) is 4.49. The van der Waals surface area contributed by atoms with E-state index in [9.17, 15) is 0 Å². The number of allylic oxidation sites excluding steroid dienone is 1. The fourth-order valence-corrected chi connectivity index (χ4v) is 1.53. The van der Waals surface area contributed by atoms with Crippen LogP contribution >= 0.6 is 0 Å². The molecule has 0 unspecified atom stereocenters. The molecule has 1 N–H and O–H groups in total. The number of benzene rings is 1. The maximum absolute atomic E-state index is 5.34. The van der Waals surface area contributed by atoms with Crippen molar-refractivity contribution in [2.45, 2.75) is 20.3 Å². The molecule has 0 aliphatic carbocycles. The molecule has 0 aliphatic heterocycles. The van der Waals surface area contributed by atoms with Gasteiger partial charge in [-0.05, 0) is 37.1 Å². The number of hydrogen-bond acceptors (Lipinski definition) is 1. The third-order valence-electron chi connectivity index (χ3n) is 2.34. The number of nitrogens with one attached hydrogen (secondary N) is 1. The molecule has 0 amide bonds. The summed E-state index contributed by atoms with van der Waals surface area (Å²) in [6.45, 7) is 9.04. The molecule has 0 fully saturated rings. The molecule has 0 bridgehead atoms. The molecule has 0 heterocycles. The summed E-state index contributed by atoms with van der Waals surface area (Å²) in [7, 11) is 0. The first kappa shape index (κ1) is 11.4. The first-order valence-corrected chi connectivity index (χ1v) is 5.15. The van der Waals surface area contributed by atoms with Crippen molar-refractivity contribution in [3.8, 4) is 12.3 Å². The van der Waals surface area contributed by atoms with E-state index in [1.54, 1.807) is 0 Å². The van der Waals surface area contributed by atoms with Crippen molar-refractivity contribution in [1.29, 1.82) is 0 Å². The van der Waals surface area contributed by atoms with Crippen LogP contribution in [0.5, 0.6) is 0 Å². The second kappa shape index (κ2) is 5.26. The van der Waals surface area contributed by atoms with Gasteiger partial charge in [0.1, 0.15) is 0 Å². The predicted octanol–water partition coefficient (Wildman–Crippen LogP) is 2.64. The highest BCUT2D eigenvalue weighted by Crippen LogP contribution is 2.13. The van der Waals surface area contributed by atoms with Crippen LogP contribution in [-0.4, -0.2) is 6.54 Å². The Morgan fingerprint density at radius 3 is 2.80 bits per heavy atom. The first-order chi connectivity index (χ1) is 7.17. The van der Waals surface area contributed by atoms with Crippen LogP contribution in [-0.2, 0) is 6.42 Å². The van der Waals surface area contributed by atoms with Crippen LogP contribution in [0, 0.1) is 19.3 Å². The zero-order chi connectivity index (χ0) is 11.3. The van der Waals surface area contributed by atoms with Gasteiger partial charge in [0.15, 0.2) is 0 Å². The van der Waals surface area contributed by atoms with Gasteiger partial charge in [-0.1, -0.05) is 18.6 Å². The lowest BCUT2D eigenvalue weighted by atomic mass is 10.0. The van der Waals surface area contributed by atoms with E-state index in [1.807, 2.05) is 12.1 Å². The maximum atomic E-state index is 5.34. The number of likely N-dealkylation sites (N-methyl/N-ethyl adjacent to an activating group) is 1. The van der Waals surface area contributed by atoms with Crippen molar-refractivity contribution < 1.29 is 0 Å². The van der Waals surface area contributed by atoms with E-state index in [1.165, 1.54) is 11.1 Å². The molecule has 0 aliphatic rings. The van der Waals surface area contributed by atoms with Gasteiger partial charge in [-0.25, -0.2) is 0 Å². The van der Waals surface area contributed by atoms with Crippen molar-refractivity contribution in [1.82, 2.24) is 5.32 Å². The van der Waals surface area contributed by atoms with Crippen LogP contribution < -0.4 is 5.32 Å². The lowest BCUT2D eigenvalue weighted by Gasteiger charge is -2.10. The summed E-state index contributed by atoms with van der Waals surface area (Å²) < 4.78 is 0. The molecule has 0 spiro atoms. The normalized spacial score (nSPS) is 9.40. The standard InChI is InChI=1S/C14H17N/c1-5-13-7-8-14(11(3)9-13)10-12(4)15-6-2/h1,7-9,15H,4,6,10H2,2-3H3. The zero-order valence-corrected chi connectivity index (χ0v) is 9.43. The Hall–Kier alpha value is -1.68. The van der Waals surface area contributed by atoms with Gasteiger partial charge < -0.3 is 5.32 Å². The SMILES string of the molecule is C#Cc1ccc(CC(=C)NCC)c(C)c1. The van der Waals surface area contributed by atoms with Gasteiger partial charge in [0.2, 0.25) is 0 Å². The fourth-order valence-electron chi connectivity index (χ4n) is 1.53. The highest BCUT2D eigenvalue weighted by molar-refractivity contribution is 5.40. The van der Waals surface area contributed by atoms with E-state index in [2.05, 4.69) is 37.7 Å². The summed E-state index contributed by atoms with van der Waals surface area (Å²) in [5, 5.41) is 3.22. The minimum atomic E-state index is 0.866. The van der Waals surface area contributed by atoms with Gasteiger partial charge in [-0.15, -0.1) is 6.42 Å². The van der Waals surface area contributed by atoms with Gasteiger partial charge in [-0.2, -0.15) is 0 Å². The Balaban J connectivity index is 2.79. The van der Waals surface area contributed by atoms with Crippen LogP contribution in [0.15, 0.2) is 30.5 Å². The Labute approximate surface area is 92.2 Å². The Morgan fingerprint density at radius 1 is 1.53 bits per heavy atom. The summed E-state index contributed by atoms with van der Waals surface area (Å²) in [6.07, 6.45) is 6.20. The molecule has 1 nitrogen and oxygen atoms in total. The molecule has 0 saturated carbocycles. The topological polar surface area (TPSA) is 12.0 Å². The molecular weight excluding hydrogens is 182 g/mol. The molecule has 1 aromatic rings. The summed E-state index contributed by atoms with van der Waals surface area (Å²) in [4.78, 5) is 0. The first-order valence-electron chi connectivity index (χ1n) is 5.15.